The molecular formula is C14H26N2O4. The molecule has 0 spiro atoms. The van der Waals surface area contributed by atoms with Gasteiger partial charge in [-0.1, -0.05) is 12.8 Å². The lowest BCUT2D eigenvalue weighted by Crippen LogP contribution is -2.42. The first-order chi connectivity index (χ1) is 9.50. The fraction of sp³-hybridized carbons (Fsp3) is 0.857. The summed E-state index contributed by atoms with van der Waals surface area (Å²) in [7, 11) is 0. The minimum Gasteiger partial charge on any atom is -0.481 e. The van der Waals surface area contributed by atoms with Crippen LogP contribution in [-0.2, 0) is 9.53 Å². The summed E-state index contributed by atoms with van der Waals surface area (Å²) < 4.78 is 5.31. The van der Waals surface area contributed by atoms with Crippen LogP contribution in [0.25, 0.3) is 0 Å². The Balaban J connectivity index is 2.20. The first kappa shape index (κ1) is 16.8. The molecule has 1 rings (SSSR count). The molecule has 0 saturated heterocycles. The quantitative estimate of drug-likeness (QED) is 0.620. The van der Waals surface area contributed by atoms with Gasteiger partial charge >= 0.3 is 12.0 Å². The molecule has 2 amide bonds. The standard InChI is InChI=1S/C14H26N2O4/c1-10(2)20-8-7-15-14(19)16-9-11-5-3-4-6-12(11)13(17)18/h10-12H,3-9H2,1-2H3,(H,17,18)(H2,15,16,19). The van der Waals surface area contributed by atoms with Crippen molar-refractivity contribution < 1.29 is 19.4 Å². The van der Waals surface area contributed by atoms with Crippen LogP contribution in [0.3, 0.4) is 0 Å². The first-order valence-corrected chi connectivity index (χ1v) is 7.36. The topological polar surface area (TPSA) is 87.7 Å². The van der Waals surface area contributed by atoms with E-state index >= 15 is 0 Å². The molecular weight excluding hydrogens is 260 g/mol. The zero-order valence-electron chi connectivity index (χ0n) is 12.4. The van der Waals surface area contributed by atoms with Gasteiger partial charge in [0.15, 0.2) is 0 Å². The van der Waals surface area contributed by atoms with Crippen LogP contribution in [0.4, 0.5) is 4.79 Å². The number of hydrogen-bond acceptors (Lipinski definition) is 3. The molecule has 1 saturated carbocycles. The fourth-order valence-corrected chi connectivity index (χ4v) is 2.52. The molecule has 2 atom stereocenters. The van der Waals surface area contributed by atoms with Gasteiger partial charge in [0.05, 0.1) is 18.6 Å². The maximum atomic E-state index is 11.6. The van der Waals surface area contributed by atoms with E-state index in [1.165, 1.54) is 0 Å². The first-order valence-electron chi connectivity index (χ1n) is 7.36. The molecule has 0 heterocycles. The van der Waals surface area contributed by atoms with E-state index in [-0.39, 0.29) is 24.0 Å². The minimum atomic E-state index is -0.748. The Morgan fingerprint density at radius 3 is 2.60 bits per heavy atom. The highest BCUT2D eigenvalue weighted by Crippen LogP contribution is 2.29. The van der Waals surface area contributed by atoms with Crippen molar-refractivity contribution in [3.05, 3.63) is 0 Å². The number of carboxylic acids is 1. The molecule has 0 aromatic heterocycles. The largest absolute Gasteiger partial charge is 0.481 e. The van der Waals surface area contributed by atoms with Crippen LogP contribution in [0, 0.1) is 11.8 Å². The second-order valence-corrected chi connectivity index (χ2v) is 5.55. The molecule has 6 nitrogen and oxygen atoms in total. The number of aliphatic carboxylic acids is 1. The molecule has 1 fully saturated rings. The number of carbonyl (C=O) groups excluding carboxylic acids is 1. The van der Waals surface area contributed by atoms with Gasteiger partial charge in [-0.05, 0) is 32.6 Å². The molecule has 0 radical (unpaired) electrons. The molecule has 0 aromatic rings. The lowest BCUT2D eigenvalue weighted by atomic mass is 9.79. The summed E-state index contributed by atoms with van der Waals surface area (Å²) >= 11 is 0. The van der Waals surface area contributed by atoms with Gasteiger partial charge in [-0.25, -0.2) is 4.79 Å². The number of ether oxygens (including phenoxy) is 1. The summed E-state index contributed by atoms with van der Waals surface area (Å²) in [5.41, 5.74) is 0. The molecule has 1 aliphatic carbocycles. The van der Waals surface area contributed by atoms with Crippen molar-refractivity contribution in [1.29, 1.82) is 0 Å². The van der Waals surface area contributed by atoms with E-state index in [1.807, 2.05) is 13.8 Å². The summed E-state index contributed by atoms with van der Waals surface area (Å²) in [5, 5.41) is 14.6. The number of amides is 2. The number of nitrogens with one attached hydrogen (secondary N) is 2. The number of carbonyl (C=O) groups is 2. The van der Waals surface area contributed by atoms with Gasteiger partial charge in [-0.2, -0.15) is 0 Å². The summed E-state index contributed by atoms with van der Waals surface area (Å²) in [4.78, 5) is 22.7. The van der Waals surface area contributed by atoms with E-state index < -0.39 is 5.97 Å². The third kappa shape index (κ3) is 6.23. The third-order valence-corrected chi connectivity index (χ3v) is 3.59. The van der Waals surface area contributed by atoms with Crippen LogP contribution in [0.5, 0.6) is 0 Å². The van der Waals surface area contributed by atoms with E-state index in [9.17, 15) is 9.59 Å². The highest BCUT2D eigenvalue weighted by atomic mass is 16.5. The van der Waals surface area contributed by atoms with Crippen molar-refractivity contribution >= 4 is 12.0 Å². The SMILES string of the molecule is CC(C)OCCNC(=O)NCC1CCCCC1C(=O)O. The Hall–Kier alpha value is -1.30. The van der Waals surface area contributed by atoms with Gasteiger partial charge in [0.2, 0.25) is 0 Å². The molecule has 1 aliphatic rings. The molecule has 0 aliphatic heterocycles. The molecule has 0 aromatic carbocycles. The van der Waals surface area contributed by atoms with Crippen molar-refractivity contribution in [1.82, 2.24) is 10.6 Å². The third-order valence-electron chi connectivity index (χ3n) is 3.59. The Labute approximate surface area is 120 Å². The molecule has 116 valence electrons. The maximum absolute atomic E-state index is 11.6. The summed E-state index contributed by atoms with van der Waals surface area (Å²) in [5.74, 6) is -1.03. The normalized spacial score (nSPS) is 22.6. The number of urea groups is 1. The van der Waals surface area contributed by atoms with Gasteiger partial charge in [0.1, 0.15) is 0 Å². The summed E-state index contributed by atoms with van der Waals surface area (Å²) in [6, 6.07) is -0.257. The van der Waals surface area contributed by atoms with Gasteiger partial charge < -0.3 is 20.5 Å². The zero-order valence-corrected chi connectivity index (χ0v) is 12.4. The Morgan fingerprint density at radius 2 is 1.95 bits per heavy atom. The van der Waals surface area contributed by atoms with Crippen LogP contribution >= 0.6 is 0 Å². The number of rotatable bonds is 7. The van der Waals surface area contributed by atoms with Gasteiger partial charge in [-0.3, -0.25) is 4.79 Å². The highest BCUT2D eigenvalue weighted by molar-refractivity contribution is 5.74. The van der Waals surface area contributed by atoms with Crippen molar-refractivity contribution in [2.45, 2.75) is 45.6 Å². The highest BCUT2D eigenvalue weighted by Gasteiger charge is 2.30. The predicted octanol–water partition coefficient (Wildman–Crippen LogP) is 1.60. The molecule has 20 heavy (non-hydrogen) atoms. The monoisotopic (exact) mass is 286 g/mol. The lowest BCUT2D eigenvalue weighted by molar-refractivity contribution is -0.144. The summed E-state index contributed by atoms with van der Waals surface area (Å²) in [6.45, 7) is 5.24. The average molecular weight is 286 g/mol. The van der Waals surface area contributed by atoms with Crippen molar-refractivity contribution in [3.8, 4) is 0 Å². The minimum absolute atomic E-state index is 0.0407. The van der Waals surface area contributed by atoms with Crippen molar-refractivity contribution in [3.63, 3.8) is 0 Å². The number of carboxylic acid groups (broad SMARTS) is 1. The van der Waals surface area contributed by atoms with Gasteiger partial charge in [0.25, 0.3) is 0 Å². The van der Waals surface area contributed by atoms with Gasteiger partial charge in [-0.15, -0.1) is 0 Å². The summed E-state index contributed by atoms with van der Waals surface area (Å²) in [6.07, 6.45) is 3.74. The molecule has 2 unspecified atom stereocenters. The van der Waals surface area contributed by atoms with Crippen LogP contribution in [0.2, 0.25) is 0 Å². The van der Waals surface area contributed by atoms with Crippen LogP contribution in [0.15, 0.2) is 0 Å². The van der Waals surface area contributed by atoms with Crippen LogP contribution in [-0.4, -0.2) is 42.9 Å². The van der Waals surface area contributed by atoms with E-state index in [0.29, 0.717) is 26.1 Å². The Bertz CT molecular complexity index is 320. The lowest BCUT2D eigenvalue weighted by Gasteiger charge is -2.28. The van der Waals surface area contributed by atoms with Crippen LogP contribution in [0.1, 0.15) is 39.5 Å². The smallest absolute Gasteiger partial charge is 0.314 e. The van der Waals surface area contributed by atoms with E-state index in [4.69, 9.17) is 9.84 Å². The Morgan fingerprint density at radius 1 is 1.25 bits per heavy atom. The van der Waals surface area contributed by atoms with Crippen molar-refractivity contribution in [2.75, 3.05) is 19.7 Å². The van der Waals surface area contributed by atoms with Crippen molar-refractivity contribution in [2.24, 2.45) is 11.8 Å². The van der Waals surface area contributed by atoms with E-state index in [2.05, 4.69) is 10.6 Å². The fourth-order valence-electron chi connectivity index (χ4n) is 2.52. The molecule has 3 N–H and O–H groups in total. The van der Waals surface area contributed by atoms with E-state index in [1.54, 1.807) is 0 Å². The van der Waals surface area contributed by atoms with Gasteiger partial charge in [0, 0.05) is 13.1 Å². The molecule has 6 heteroatoms. The van der Waals surface area contributed by atoms with Crippen LogP contribution < -0.4 is 10.6 Å². The zero-order chi connectivity index (χ0) is 15.0. The second-order valence-electron chi connectivity index (χ2n) is 5.55. The maximum Gasteiger partial charge on any atom is 0.314 e. The number of hydrogen-bond donors (Lipinski definition) is 3. The van der Waals surface area contributed by atoms with E-state index in [0.717, 1.165) is 19.3 Å². The average Bonchev–Trinajstić information content (AvgIpc) is 2.41. The molecule has 0 bridgehead atoms. The predicted molar refractivity (Wildman–Crippen MR) is 75.6 cm³/mol. The Kier molecular flexibility index (Phi) is 7.36. The second kappa shape index (κ2) is 8.79.